The van der Waals surface area contributed by atoms with Crippen LogP contribution in [0, 0.1) is 0 Å². The van der Waals surface area contributed by atoms with Gasteiger partial charge < -0.3 is 14.5 Å². The molecule has 132 valence electrons. The first-order chi connectivity index (χ1) is 12.6. The molecule has 0 amide bonds. The SMILES string of the molecule is C=CCOc1ccc(/C=C(\Cl)c2nc3ccccc3c(=O)[nH]2)cc1OC. The Morgan fingerprint density at radius 1 is 1.27 bits per heavy atom. The molecule has 6 heteroatoms. The van der Waals surface area contributed by atoms with Gasteiger partial charge in [0.1, 0.15) is 6.61 Å². The number of ether oxygens (including phenoxy) is 2. The van der Waals surface area contributed by atoms with Crippen molar-refractivity contribution >= 4 is 33.6 Å². The smallest absolute Gasteiger partial charge is 0.259 e. The van der Waals surface area contributed by atoms with Gasteiger partial charge in [-0.05, 0) is 35.9 Å². The zero-order valence-electron chi connectivity index (χ0n) is 14.2. The molecule has 3 rings (SSSR count). The fourth-order valence-corrected chi connectivity index (χ4v) is 2.67. The average Bonchev–Trinajstić information content (AvgIpc) is 2.66. The molecule has 1 aromatic heterocycles. The molecule has 0 aliphatic heterocycles. The Bertz CT molecular complexity index is 1040. The van der Waals surface area contributed by atoms with Crippen LogP contribution in [0.15, 0.2) is 59.9 Å². The zero-order valence-corrected chi connectivity index (χ0v) is 14.9. The molecule has 0 aliphatic carbocycles. The fourth-order valence-electron chi connectivity index (χ4n) is 2.46. The molecular weight excluding hydrogens is 352 g/mol. The van der Waals surface area contributed by atoms with Crippen LogP contribution in [0.4, 0.5) is 0 Å². The summed E-state index contributed by atoms with van der Waals surface area (Å²) >= 11 is 6.38. The molecule has 1 N–H and O–H groups in total. The van der Waals surface area contributed by atoms with Gasteiger partial charge in [-0.15, -0.1) is 0 Å². The quantitative estimate of drug-likeness (QED) is 0.661. The highest BCUT2D eigenvalue weighted by Crippen LogP contribution is 2.30. The summed E-state index contributed by atoms with van der Waals surface area (Å²) in [6.45, 7) is 4.01. The van der Waals surface area contributed by atoms with Crippen LogP contribution in [-0.2, 0) is 0 Å². The van der Waals surface area contributed by atoms with Crippen molar-refractivity contribution in [1.29, 1.82) is 0 Å². The van der Waals surface area contributed by atoms with Crippen LogP contribution < -0.4 is 15.0 Å². The lowest BCUT2D eigenvalue weighted by molar-refractivity contribution is 0.326. The third kappa shape index (κ3) is 3.78. The number of halogens is 1. The van der Waals surface area contributed by atoms with Gasteiger partial charge in [-0.1, -0.05) is 42.5 Å². The van der Waals surface area contributed by atoms with Crippen LogP contribution in [0.25, 0.3) is 22.0 Å². The lowest BCUT2D eigenvalue weighted by atomic mass is 10.2. The summed E-state index contributed by atoms with van der Waals surface area (Å²) in [5, 5.41) is 0.834. The second kappa shape index (κ2) is 7.89. The van der Waals surface area contributed by atoms with Crippen molar-refractivity contribution in [1.82, 2.24) is 9.97 Å². The highest BCUT2D eigenvalue weighted by atomic mass is 35.5. The van der Waals surface area contributed by atoms with E-state index in [1.165, 1.54) is 0 Å². The molecule has 2 aromatic carbocycles. The number of aromatic nitrogens is 2. The normalized spacial score (nSPS) is 11.4. The van der Waals surface area contributed by atoms with E-state index in [1.807, 2.05) is 12.1 Å². The molecular formula is C20H17ClN2O3. The van der Waals surface area contributed by atoms with E-state index in [0.717, 1.165) is 5.56 Å². The Morgan fingerprint density at radius 3 is 2.85 bits per heavy atom. The molecule has 3 aromatic rings. The molecule has 0 saturated heterocycles. The van der Waals surface area contributed by atoms with Crippen LogP contribution in [0.1, 0.15) is 11.4 Å². The molecule has 0 fully saturated rings. The molecule has 0 aliphatic rings. The molecule has 0 bridgehead atoms. The van der Waals surface area contributed by atoms with Crippen LogP contribution in [-0.4, -0.2) is 23.7 Å². The molecule has 0 radical (unpaired) electrons. The minimum absolute atomic E-state index is 0.233. The maximum absolute atomic E-state index is 12.2. The topological polar surface area (TPSA) is 64.2 Å². The van der Waals surface area contributed by atoms with Gasteiger partial charge in [0.05, 0.1) is 23.0 Å². The van der Waals surface area contributed by atoms with Crippen molar-refractivity contribution < 1.29 is 9.47 Å². The molecule has 0 unspecified atom stereocenters. The van der Waals surface area contributed by atoms with E-state index in [9.17, 15) is 4.79 Å². The Balaban J connectivity index is 1.97. The average molecular weight is 369 g/mol. The summed E-state index contributed by atoms with van der Waals surface area (Å²) in [6.07, 6.45) is 3.36. The van der Waals surface area contributed by atoms with E-state index in [-0.39, 0.29) is 5.56 Å². The molecule has 5 nitrogen and oxygen atoms in total. The van der Waals surface area contributed by atoms with Crippen molar-refractivity contribution in [3.8, 4) is 11.5 Å². The monoisotopic (exact) mass is 368 g/mol. The van der Waals surface area contributed by atoms with Crippen molar-refractivity contribution in [2.24, 2.45) is 0 Å². The first-order valence-corrected chi connectivity index (χ1v) is 8.28. The number of nitrogens with one attached hydrogen (secondary N) is 1. The molecule has 26 heavy (non-hydrogen) atoms. The van der Waals surface area contributed by atoms with Gasteiger partial charge in [0, 0.05) is 0 Å². The van der Waals surface area contributed by atoms with Gasteiger partial charge >= 0.3 is 0 Å². The summed E-state index contributed by atoms with van der Waals surface area (Å²) < 4.78 is 10.9. The minimum Gasteiger partial charge on any atom is -0.493 e. The van der Waals surface area contributed by atoms with Crippen molar-refractivity contribution in [3.05, 3.63) is 76.9 Å². The predicted molar refractivity (Wildman–Crippen MR) is 105 cm³/mol. The maximum Gasteiger partial charge on any atom is 0.259 e. The van der Waals surface area contributed by atoms with Gasteiger partial charge in [-0.25, -0.2) is 4.98 Å². The molecule has 0 saturated carbocycles. The summed E-state index contributed by atoms with van der Waals surface area (Å²) in [5.41, 5.74) is 1.14. The first kappa shape index (κ1) is 17.8. The van der Waals surface area contributed by atoms with E-state index in [1.54, 1.807) is 49.6 Å². The van der Waals surface area contributed by atoms with Gasteiger partial charge in [-0.3, -0.25) is 4.79 Å². The van der Waals surface area contributed by atoms with Gasteiger partial charge in [0.2, 0.25) is 0 Å². The number of fused-ring (bicyclic) bond motifs is 1. The van der Waals surface area contributed by atoms with Gasteiger partial charge in [0.25, 0.3) is 5.56 Å². The molecule has 1 heterocycles. The van der Waals surface area contributed by atoms with E-state index in [4.69, 9.17) is 21.1 Å². The number of nitrogens with zero attached hydrogens (tertiary/aromatic N) is 1. The summed E-state index contributed by atoms with van der Waals surface area (Å²) in [7, 11) is 1.56. The Labute approximate surface area is 155 Å². The maximum atomic E-state index is 12.2. The van der Waals surface area contributed by atoms with E-state index < -0.39 is 0 Å². The third-order valence-corrected chi connectivity index (χ3v) is 3.96. The number of aromatic amines is 1. The summed E-state index contributed by atoms with van der Waals surface area (Å²) in [5.74, 6) is 1.49. The summed E-state index contributed by atoms with van der Waals surface area (Å²) in [4.78, 5) is 19.3. The van der Waals surface area contributed by atoms with E-state index in [0.29, 0.717) is 39.9 Å². The van der Waals surface area contributed by atoms with Crippen LogP contribution in [0.5, 0.6) is 11.5 Å². The van der Waals surface area contributed by atoms with Crippen molar-refractivity contribution in [2.45, 2.75) is 0 Å². The number of benzene rings is 2. The highest BCUT2D eigenvalue weighted by molar-refractivity contribution is 6.50. The Hall–Kier alpha value is -3.05. The molecule has 0 spiro atoms. The van der Waals surface area contributed by atoms with Crippen molar-refractivity contribution in [3.63, 3.8) is 0 Å². The second-order valence-electron chi connectivity index (χ2n) is 5.43. The predicted octanol–water partition coefficient (Wildman–Crippen LogP) is 4.23. The number of para-hydroxylation sites is 1. The lowest BCUT2D eigenvalue weighted by Crippen LogP contribution is -2.10. The largest absolute Gasteiger partial charge is 0.493 e. The number of hydrogen-bond acceptors (Lipinski definition) is 4. The highest BCUT2D eigenvalue weighted by Gasteiger charge is 2.08. The number of H-pyrrole nitrogens is 1. The lowest BCUT2D eigenvalue weighted by Gasteiger charge is -2.10. The van der Waals surface area contributed by atoms with Gasteiger partial charge in [0.15, 0.2) is 17.3 Å². The van der Waals surface area contributed by atoms with Crippen LogP contribution in [0.3, 0.4) is 0 Å². The third-order valence-electron chi connectivity index (χ3n) is 3.68. The molecule has 0 atom stereocenters. The van der Waals surface area contributed by atoms with Crippen molar-refractivity contribution in [2.75, 3.05) is 13.7 Å². The van der Waals surface area contributed by atoms with Crippen LogP contribution >= 0.6 is 11.6 Å². The Morgan fingerprint density at radius 2 is 2.08 bits per heavy atom. The number of methoxy groups -OCH3 is 1. The minimum atomic E-state index is -0.233. The first-order valence-electron chi connectivity index (χ1n) is 7.90. The van der Waals surface area contributed by atoms with Crippen LogP contribution in [0.2, 0.25) is 0 Å². The fraction of sp³-hybridized carbons (Fsp3) is 0.100. The zero-order chi connectivity index (χ0) is 18.5. The standard InChI is InChI=1S/C20H17ClN2O3/c1-3-10-26-17-9-8-13(12-18(17)25-2)11-15(21)19-22-16-7-5-4-6-14(16)20(24)23-19/h3-9,11-12H,1,10H2,2H3,(H,22,23,24)/b15-11-. The summed E-state index contributed by atoms with van der Waals surface area (Å²) in [6, 6.07) is 12.5. The van der Waals surface area contributed by atoms with E-state index >= 15 is 0 Å². The van der Waals surface area contributed by atoms with Gasteiger partial charge in [-0.2, -0.15) is 0 Å². The van der Waals surface area contributed by atoms with E-state index in [2.05, 4.69) is 16.5 Å². The number of rotatable bonds is 6. The second-order valence-corrected chi connectivity index (χ2v) is 5.84. The Kier molecular flexibility index (Phi) is 5.39. The number of hydrogen-bond donors (Lipinski definition) is 1.